The average molecular weight is 370 g/mol. The molecule has 140 valence electrons. The van der Waals surface area contributed by atoms with Gasteiger partial charge in [0.1, 0.15) is 0 Å². The molecule has 0 amide bonds. The molecule has 0 aromatic heterocycles. The van der Waals surface area contributed by atoms with E-state index in [1.54, 1.807) is 12.1 Å². The van der Waals surface area contributed by atoms with Gasteiger partial charge in [0.2, 0.25) is 0 Å². The highest BCUT2D eigenvalue weighted by molar-refractivity contribution is 5.54. The van der Waals surface area contributed by atoms with Crippen LogP contribution in [-0.2, 0) is 0 Å². The van der Waals surface area contributed by atoms with Gasteiger partial charge in [-0.3, -0.25) is 0 Å². The first-order valence-electron chi connectivity index (χ1n) is 9.40. The molecule has 1 aliphatic heterocycles. The first-order chi connectivity index (χ1) is 13.8. The van der Waals surface area contributed by atoms with Crippen LogP contribution in [0.4, 0.5) is 34.1 Å². The van der Waals surface area contributed by atoms with Gasteiger partial charge in [0.15, 0.2) is 0 Å². The maximum Gasteiger partial charge on any atom is 0.0858 e. The SMILES string of the molecule is Nc1ccc(N=Nc2ccc(N=Nc3ccc(N4CCCC4)cc3)cc2)cc1. The Hall–Kier alpha value is -3.54. The molecule has 1 aliphatic rings. The smallest absolute Gasteiger partial charge is 0.0858 e. The summed E-state index contributed by atoms with van der Waals surface area (Å²) in [6, 6.07) is 23.0. The van der Waals surface area contributed by atoms with Gasteiger partial charge in [-0.1, -0.05) is 0 Å². The highest BCUT2D eigenvalue weighted by Gasteiger charge is 2.11. The second-order valence-corrected chi connectivity index (χ2v) is 6.72. The number of hydrogen-bond donors (Lipinski definition) is 1. The van der Waals surface area contributed by atoms with Gasteiger partial charge in [-0.05, 0) is 85.6 Å². The third kappa shape index (κ3) is 4.59. The highest BCUT2D eigenvalue weighted by atomic mass is 15.1. The summed E-state index contributed by atoms with van der Waals surface area (Å²) in [5, 5.41) is 17.0. The Morgan fingerprint density at radius 3 is 1.32 bits per heavy atom. The zero-order valence-corrected chi connectivity index (χ0v) is 15.6. The van der Waals surface area contributed by atoms with Crippen LogP contribution in [0, 0.1) is 0 Å². The molecule has 0 aliphatic carbocycles. The van der Waals surface area contributed by atoms with Crippen LogP contribution in [0.5, 0.6) is 0 Å². The molecule has 6 nitrogen and oxygen atoms in total. The van der Waals surface area contributed by atoms with Gasteiger partial charge in [0, 0.05) is 24.5 Å². The van der Waals surface area contributed by atoms with Crippen LogP contribution in [0.25, 0.3) is 0 Å². The Labute approximate surface area is 164 Å². The molecule has 0 spiro atoms. The predicted molar refractivity (Wildman–Crippen MR) is 114 cm³/mol. The van der Waals surface area contributed by atoms with Crippen LogP contribution in [0.15, 0.2) is 93.3 Å². The van der Waals surface area contributed by atoms with Crippen molar-refractivity contribution < 1.29 is 0 Å². The number of nitrogens with zero attached hydrogens (tertiary/aromatic N) is 5. The normalized spacial score (nSPS) is 14.4. The third-order valence-electron chi connectivity index (χ3n) is 4.63. The van der Waals surface area contributed by atoms with Crippen LogP contribution in [0.1, 0.15) is 12.8 Å². The second kappa shape index (κ2) is 8.43. The first-order valence-corrected chi connectivity index (χ1v) is 9.40. The van der Waals surface area contributed by atoms with E-state index in [1.165, 1.54) is 18.5 Å². The van der Waals surface area contributed by atoms with Crippen molar-refractivity contribution in [3.63, 3.8) is 0 Å². The lowest BCUT2D eigenvalue weighted by atomic mass is 10.2. The molecule has 1 saturated heterocycles. The van der Waals surface area contributed by atoms with Crippen molar-refractivity contribution in [2.75, 3.05) is 23.7 Å². The Morgan fingerprint density at radius 1 is 0.536 bits per heavy atom. The first kappa shape index (κ1) is 17.9. The number of benzene rings is 3. The lowest BCUT2D eigenvalue weighted by molar-refractivity contribution is 0.949. The fraction of sp³-hybridized carbons (Fsp3) is 0.182. The number of nitrogens with two attached hydrogens (primary N) is 1. The van der Waals surface area contributed by atoms with Gasteiger partial charge in [-0.25, -0.2) is 0 Å². The molecule has 4 rings (SSSR count). The fourth-order valence-electron chi connectivity index (χ4n) is 3.06. The van der Waals surface area contributed by atoms with Gasteiger partial charge in [-0.2, -0.15) is 20.5 Å². The van der Waals surface area contributed by atoms with E-state index >= 15 is 0 Å². The van der Waals surface area contributed by atoms with Gasteiger partial charge < -0.3 is 10.6 Å². The monoisotopic (exact) mass is 370 g/mol. The molecule has 1 fully saturated rings. The Morgan fingerprint density at radius 2 is 0.893 bits per heavy atom. The van der Waals surface area contributed by atoms with Crippen molar-refractivity contribution in [3.05, 3.63) is 72.8 Å². The molecule has 0 saturated carbocycles. The Kier molecular flexibility index (Phi) is 5.38. The van der Waals surface area contributed by atoms with E-state index in [0.29, 0.717) is 5.69 Å². The quantitative estimate of drug-likeness (QED) is 0.400. The minimum Gasteiger partial charge on any atom is -0.399 e. The molecule has 0 bridgehead atoms. The van der Waals surface area contributed by atoms with Crippen molar-refractivity contribution >= 4 is 34.1 Å². The Bertz CT molecular complexity index is 953. The van der Waals surface area contributed by atoms with Gasteiger partial charge in [0.05, 0.1) is 22.7 Å². The molecule has 0 atom stereocenters. The van der Waals surface area contributed by atoms with Gasteiger partial charge in [0.25, 0.3) is 0 Å². The summed E-state index contributed by atoms with van der Waals surface area (Å²) in [5.74, 6) is 0. The van der Waals surface area contributed by atoms with Crippen LogP contribution in [0.2, 0.25) is 0 Å². The van der Waals surface area contributed by atoms with E-state index in [-0.39, 0.29) is 0 Å². The maximum absolute atomic E-state index is 5.66. The molecular weight excluding hydrogens is 348 g/mol. The van der Waals surface area contributed by atoms with E-state index in [1.807, 2.05) is 48.5 Å². The molecule has 6 heteroatoms. The summed E-state index contributed by atoms with van der Waals surface area (Å²) in [6.45, 7) is 2.28. The summed E-state index contributed by atoms with van der Waals surface area (Å²) in [4.78, 5) is 2.40. The standard InChI is InChI=1S/C22H22N6/c23-17-3-5-18(6-4-17)24-25-19-7-9-20(10-8-19)26-27-21-11-13-22(14-12-21)28-15-1-2-16-28/h3-14H,1-2,15-16,23H2. The maximum atomic E-state index is 5.66. The summed E-state index contributed by atoms with van der Waals surface area (Å²) in [5.41, 5.74) is 10.8. The van der Waals surface area contributed by atoms with Crippen LogP contribution in [0.3, 0.4) is 0 Å². The second-order valence-electron chi connectivity index (χ2n) is 6.72. The van der Waals surface area contributed by atoms with E-state index < -0.39 is 0 Å². The van der Waals surface area contributed by atoms with E-state index in [0.717, 1.165) is 35.8 Å². The summed E-state index contributed by atoms with van der Waals surface area (Å²) < 4.78 is 0. The molecule has 0 unspecified atom stereocenters. The summed E-state index contributed by atoms with van der Waals surface area (Å²) in [6.07, 6.45) is 2.55. The predicted octanol–water partition coefficient (Wildman–Crippen LogP) is 6.70. The fourth-order valence-corrected chi connectivity index (χ4v) is 3.06. The molecular formula is C22H22N6. The Balaban J connectivity index is 1.37. The van der Waals surface area contributed by atoms with Crippen molar-refractivity contribution in [1.82, 2.24) is 0 Å². The number of azo groups is 2. The zero-order chi connectivity index (χ0) is 19.2. The van der Waals surface area contributed by atoms with E-state index in [9.17, 15) is 0 Å². The molecule has 3 aromatic carbocycles. The summed E-state index contributed by atoms with van der Waals surface area (Å²) in [7, 11) is 0. The van der Waals surface area contributed by atoms with Crippen molar-refractivity contribution in [3.8, 4) is 0 Å². The average Bonchev–Trinajstić information content (AvgIpc) is 3.28. The molecule has 2 N–H and O–H groups in total. The molecule has 3 aromatic rings. The van der Waals surface area contributed by atoms with E-state index in [4.69, 9.17) is 5.73 Å². The van der Waals surface area contributed by atoms with Crippen LogP contribution < -0.4 is 10.6 Å². The van der Waals surface area contributed by atoms with Crippen LogP contribution >= 0.6 is 0 Å². The number of rotatable bonds is 5. The minimum atomic E-state index is 0.708. The lowest BCUT2D eigenvalue weighted by Gasteiger charge is -2.17. The topological polar surface area (TPSA) is 78.7 Å². The van der Waals surface area contributed by atoms with Crippen LogP contribution in [-0.4, -0.2) is 13.1 Å². The van der Waals surface area contributed by atoms with Crippen molar-refractivity contribution in [2.24, 2.45) is 20.5 Å². The minimum absolute atomic E-state index is 0.708. The zero-order valence-electron chi connectivity index (χ0n) is 15.6. The number of nitrogen functional groups attached to an aromatic ring is 1. The largest absolute Gasteiger partial charge is 0.399 e. The molecule has 1 heterocycles. The molecule has 28 heavy (non-hydrogen) atoms. The lowest BCUT2D eigenvalue weighted by Crippen LogP contribution is -2.17. The summed E-state index contributed by atoms with van der Waals surface area (Å²) >= 11 is 0. The van der Waals surface area contributed by atoms with Crippen molar-refractivity contribution in [2.45, 2.75) is 12.8 Å². The van der Waals surface area contributed by atoms with Gasteiger partial charge in [-0.15, -0.1) is 0 Å². The molecule has 0 radical (unpaired) electrons. The number of hydrogen-bond acceptors (Lipinski definition) is 6. The van der Waals surface area contributed by atoms with Crippen molar-refractivity contribution in [1.29, 1.82) is 0 Å². The highest BCUT2D eigenvalue weighted by Crippen LogP contribution is 2.26. The third-order valence-corrected chi connectivity index (χ3v) is 4.63. The van der Waals surface area contributed by atoms with Gasteiger partial charge >= 0.3 is 0 Å². The number of anilines is 2. The van der Waals surface area contributed by atoms with E-state index in [2.05, 4.69) is 37.5 Å².